The number of ether oxygens (including phenoxy) is 1. The van der Waals surface area contributed by atoms with Gasteiger partial charge in [-0.3, -0.25) is 0 Å². The van der Waals surface area contributed by atoms with Crippen molar-refractivity contribution in [1.29, 1.82) is 0 Å². The maximum absolute atomic E-state index is 5.78. The Kier molecular flexibility index (Phi) is 29.7. The molecule has 0 saturated carbocycles. The summed E-state index contributed by atoms with van der Waals surface area (Å²) in [6.45, 7) is 68.7. The molecule has 0 amide bonds. The van der Waals surface area contributed by atoms with Crippen LogP contribution in [0.2, 0.25) is 19.1 Å². The largest absolute Gasteiger partial charge is 0.493 e. The lowest BCUT2D eigenvalue weighted by atomic mass is 9.76. The molecule has 2 aliphatic heterocycles. The molecule has 11 aromatic rings. The Morgan fingerprint density at radius 2 is 0.660 bits per heavy atom. The highest BCUT2D eigenvalue weighted by Gasteiger charge is 2.36. The van der Waals surface area contributed by atoms with E-state index in [1.54, 1.807) is 73.2 Å². The second-order valence-corrected chi connectivity index (χ2v) is 41.6. The number of fused-ring (bicyclic) bond motifs is 7. The molecule has 10 heteroatoms. The van der Waals surface area contributed by atoms with Gasteiger partial charge in [0.05, 0.1) is 52.3 Å². The number of aromatic nitrogens is 4. The van der Waals surface area contributed by atoms with Crippen LogP contribution in [0.1, 0.15) is 377 Å². The fraction of sp³-hybridized carbons (Fsp3) is 0.521. The van der Waals surface area contributed by atoms with E-state index in [4.69, 9.17) is 13.7 Å². The first-order valence-electron chi connectivity index (χ1n) is 40.5. The fourth-order valence-electron chi connectivity index (χ4n) is 15.8. The Balaban J connectivity index is 0.000000156. The van der Waals surface area contributed by atoms with Crippen molar-refractivity contribution in [2.75, 3.05) is 6.61 Å². The third-order valence-corrected chi connectivity index (χ3v) is 27.2. The van der Waals surface area contributed by atoms with Gasteiger partial charge in [-0.15, -0.1) is 22.7 Å². The van der Waals surface area contributed by atoms with Crippen molar-refractivity contribution in [2.24, 2.45) is 0 Å². The van der Waals surface area contributed by atoms with Gasteiger partial charge in [0.1, 0.15) is 11.3 Å². The first kappa shape index (κ1) is 84.9. The quantitative estimate of drug-likeness (QED) is 0.100. The number of hydrogen-bond acceptors (Lipinski definition) is 9. The van der Waals surface area contributed by atoms with Crippen molar-refractivity contribution >= 4 is 78.4 Å². The summed E-state index contributed by atoms with van der Waals surface area (Å²) >= 11 is 3.53. The Morgan fingerprint density at radius 1 is 0.321 bits per heavy atom. The van der Waals surface area contributed by atoms with Gasteiger partial charge in [0.15, 0.2) is 17.6 Å². The highest BCUT2D eigenvalue weighted by molar-refractivity contribution is 7.17. The number of hydrogen-bond donors (Lipinski definition) is 0. The first-order chi connectivity index (χ1) is 50.0. The van der Waals surface area contributed by atoms with Crippen LogP contribution in [0.25, 0.3) is 42.5 Å². The Bertz CT molecular complexity index is 4070. The lowest BCUT2D eigenvalue weighted by molar-refractivity contribution is 0.352. The van der Waals surface area contributed by atoms with Crippen LogP contribution in [0, 0.1) is 0 Å². The Hall–Kier alpha value is -6.72. The van der Waals surface area contributed by atoms with Crippen LogP contribution in [0.5, 0.6) is 5.75 Å². The molecular formula is C96H134N4O3S2Si. The van der Waals surface area contributed by atoms with E-state index < -0.39 is 8.07 Å². The molecule has 0 N–H and O–H groups in total. The lowest BCUT2D eigenvalue weighted by Gasteiger charge is -2.29. The molecule has 6 heterocycles. The predicted octanol–water partition coefficient (Wildman–Crippen LogP) is 29.5. The number of nitrogens with zero attached hydrogens (tertiary/aromatic N) is 4. The molecule has 0 spiro atoms. The standard InChI is InChI=1S/C16H26Si.C14H20O.C14H20.2C13H17NO.2C13H17NS/c1-11(2)13-7-8-14(12(3)4)16-15(13)9-10-17(16,5)6;1-9(2)11-5-6-12(10(3)4)14-13(11)7-8-15-14;1-9(2)11-5-6-12(10(3)4)14-8-7-13(11)14;1-8(2)10-5-6-11(9(3)4)13-12(10)14-7-15-13;1-8(2)10-5-6-11(9(3)4)13-12(10)7-14-15-13;2*1-8(2)10-5-6-11(9(3)4)13-12(10)14-7-15-13/h7-8,11-12H,9-10H2,1-6H3;5-6,9-10H,7-8H2,1-4H3;5-6,9-10H,7-8H2,1-4H3;4*5-9H,1-4H3. The second-order valence-electron chi connectivity index (χ2n) is 35.1. The van der Waals surface area contributed by atoms with Crippen molar-refractivity contribution in [3.05, 3.63) is 209 Å². The van der Waals surface area contributed by atoms with Crippen molar-refractivity contribution in [3.8, 4) is 5.75 Å². The number of rotatable bonds is 14. The van der Waals surface area contributed by atoms with E-state index in [2.05, 4.69) is 312 Å². The summed E-state index contributed by atoms with van der Waals surface area (Å²) in [5.74, 6) is 9.25. The summed E-state index contributed by atoms with van der Waals surface area (Å²) in [6, 6.07) is 33.2. The van der Waals surface area contributed by atoms with Gasteiger partial charge < -0.3 is 13.7 Å². The minimum absolute atomic E-state index is 0.474. The molecule has 0 radical (unpaired) electrons. The van der Waals surface area contributed by atoms with E-state index in [0.717, 1.165) is 35.1 Å². The molecule has 0 bridgehead atoms. The third kappa shape index (κ3) is 19.5. The van der Waals surface area contributed by atoms with Gasteiger partial charge in [-0.2, -0.15) is 0 Å². The minimum Gasteiger partial charge on any atom is -0.493 e. The molecule has 0 fully saturated rings. The number of oxazole rings is 1. The molecule has 0 saturated heterocycles. The van der Waals surface area contributed by atoms with Crippen LogP contribution in [0.4, 0.5) is 0 Å². The maximum Gasteiger partial charge on any atom is 0.182 e. The van der Waals surface area contributed by atoms with Gasteiger partial charge in [-0.25, -0.2) is 15.0 Å². The SMILES string of the molecule is CC(C)c1ccc(C(C)C)c2c1CC2.CC(C)c1ccc(C(C)C)c2c1CCO2.CC(C)c1ccc(C(C)C)c2c1CC[Si]2(C)C.CC(C)c1ccc(C(C)C)c2ocnc12.CC(C)c1ccc(C(C)C)c2oncc12.CC(C)c1ccc(C(C)C)c2scnc12.CC(C)c1ccc(C(C)C)c2scnc12. The summed E-state index contributed by atoms with van der Waals surface area (Å²) in [5.41, 5.74) is 35.7. The van der Waals surface area contributed by atoms with E-state index in [-0.39, 0.29) is 0 Å². The summed E-state index contributed by atoms with van der Waals surface area (Å²) in [7, 11) is -1.15. The number of thiazole rings is 2. The molecule has 572 valence electrons. The van der Waals surface area contributed by atoms with Gasteiger partial charge >= 0.3 is 0 Å². The van der Waals surface area contributed by atoms with E-state index >= 15 is 0 Å². The summed E-state index contributed by atoms with van der Waals surface area (Å²) in [4.78, 5) is 13.3. The van der Waals surface area contributed by atoms with E-state index in [9.17, 15) is 0 Å². The zero-order valence-corrected chi connectivity index (χ0v) is 73.7. The van der Waals surface area contributed by atoms with Gasteiger partial charge in [-0.05, 0) is 197 Å². The molecule has 3 aliphatic rings. The van der Waals surface area contributed by atoms with Crippen LogP contribution in [-0.4, -0.2) is 34.8 Å². The monoisotopic (exact) mass is 1480 g/mol. The van der Waals surface area contributed by atoms with Gasteiger partial charge in [0.25, 0.3) is 0 Å². The average molecular weight is 1480 g/mol. The Labute approximate surface area is 650 Å². The molecule has 14 rings (SSSR count). The van der Waals surface area contributed by atoms with Crippen LogP contribution < -0.4 is 9.92 Å². The third-order valence-electron chi connectivity index (χ3n) is 22.0. The van der Waals surface area contributed by atoms with Crippen LogP contribution in [0.3, 0.4) is 0 Å². The van der Waals surface area contributed by atoms with Crippen LogP contribution in [-0.2, 0) is 25.7 Å². The highest BCUT2D eigenvalue weighted by Crippen LogP contribution is 2.42. The van der Waals surface area contributed by atoms with Gasteiger partial charge in [-0.1, -0.05) is 302 Å². The second kappa shape index (κ2) is 37.1. The molecule has 0 atom stereocenters. The van der Waals surface area contributed by atoms with Crippen molar-refractivity contribution in [1.82, 2.24) is 20.1 Å². The summed E-state index contributed by atoms with van der Waals surface area (Å²) in [5, 5.41) is 6.88. The molecule has 0 unspecified atom stereocenters. The average Bonchev–Trinajstić information content (AvgIpc) is 1.59. The summed E-state index contributed by atoms with van der Waals surface area (Å²) < 4.78 is 19.4. The number of benzene rings is 7. The first-order valence-corrected chi connectivity index (χ1v) is 45.5. The molecule has 106 heavy (non-hydrogen) atoms. The minimum atomic E-state index is -1.15. The molecular weight excluding hydrogens is 1350 g/mol. The molecule has 4 aromatic heterocycles. The van der Waals surface area contributed by atoms with Crippen molar-refractivity contribution in [2.45, 2.75) is 322 Å². The lowest BCUT2D eigenvalue weighted by Crippen LogP contribution is -2.41. The van der Waals surface area contributed by atoms with E-state index in [0.29, 0.717) is 82.9 Å². The summed E-state index contributed by atoms with van der Waals surface area (Å²) in [6.07, 6.45) is 8.41. The van der Waals surface area contributed by atoms with Crippen LogP contribution >= 0.6 is 22.7 Å². The highest BCUT2D eigenvalue weighted by atomic mass is 32.1. The van der Waals surface area contributed by atoms with Crippen LogP contribution in [0.15, 0.2) is 117 Å². The smallest absolute Gasteiger partial charge is 0.182 e. The van der Waals surface area contributed by atoms with Crippen molar-refractivity contribution < 1.29 is 13.7 Å². The van der Waals surface area contributed by atoms with E-state index in [1.165, 1.54) is 113 Å². The van der Waals surface area contributed by atoms with Gasteiger partial charge in [0.2, 0.25) is 0 Å². The molecule has 1 aliphatic carbocycles. The Morgan fingerprint density at radius 3 is 1.08 bits per heavy atom. The zero-order valence-electron chi connectivity index (χ0n) is 71.0. The molecule has 7 nitrogen and oxygen atoms in total. The van der Waals surface area contributed by atoms with E-state index in [1.807, 2.05) is 17.2 Å². The molecule has 7 aromatic carbocycles. The van der Waals surface area contributed by atoms with Gasteiger partial charge in [0, 0.05) is 22.9 Å². The normalized spacial score (nSPS) is 13.5. The zero-order chi connectivity index (χ0) is 78.1. The topological polar surface area (TPSA) is 87.1 Å². The predicted molar refractivity (Wildman–Crippen MR) is 466 cm³/mol. The fourth-order valence-corrected chi connectivity index (χ4v) is 21.2. The maximum atomic E-state index is 5.78. The van der Waals surface area contributed by atoms with Crippen molar-refractivity contribution in [3.63, 3.8) is 0 Å².